The van der Waals surface area contributed by atoms with E-state index in [4.69, 9.17) is 5.73 Å². The van der Waals surface area contributed by atoms with E-state index >= 15 is 0 Å². The molecular weight excluding hydrogens is 347 g/mol. The Labute approximate surface area is 145 Å². The van der Waals surface area contributed by atoms with Gasteiger partial charge in [0.25, 0.3) is 10.0 Å². The highest BCUT2D eigenvalue weighted by Gasteiger charge is 2.31. The van der Waals surface area contributed by atoms with E-state index in [1.54, 1.807) is 0 Å². The minimum absolute atomic E-state index is 0.00928. The summed E-state index contributed by atoms with van der Waals surface area (Å²) in [5.41, 5.74) is 5.38. The standard InChI is InChI=1S/C16H19FN4O3S/c17-13-4-6-14(7-5-13)21(11-15(18)22)25(23,24)16-8-9-19-20(16)10-12-2-1-3-12/h4-9,12H,1-3,10-11H2,(H2,18,22). The highest BCUT2D eigenvalue weighted by Crippen LogP contribution is 2.30. The van der Waals surface area contributed by atoms with Gasteiger partial charge in [-0.3, -0.25) is 13.8 Å². The summed E-state index contributed by atoms with van der Waals surface area (Å²) in [6, 6.07) is 6.24. The van der Waals surface area contributed by atoms with Gasteiger partial charge in [-0.2, -0.15) is 13.5 Å². The van der Waals surface area contributed by atoms with E-state index in [1.165, 1.54) is 29.1 Å². The van der Waals surface area contributed by atoms with Crippen molar-refractivity contribution >= 4 is 21.6 Å². The Balaban J connectivity index is 1.97. The molecule has 0 aliphatic heterocycles. The second-order valence-corrected chi connectivity index (χ2v) is 7.91. The molecule has 25 heavy (non-hydrogen) atoms. The molecule has 134 valence electrons. The third-order valence-corrected chi connectivity index (χ3v) is 6.10. The summed E-state index contributed by atoms with van der Waals surface area (Å²) in [6.45, 7) is -0.0298. The van der Waals surface area contributed by atoms with Crippen LogP contribution in [0.2, 0.25) is 0 Å². The zero-order valence-electron chi connectivity index (χ0n) is 13.5. The number of carbonyl (C=O) groups excluding carboxylic acids is 1. The fraction of sp³-hybridized carbons (Fsp3) is 0.375. The lowest BCUT2D eigenvalue weighted by atomic mass is 9.85. The highest BCUT2D eigenvalue weighted by atomic mass is 32.2. The minimum atomic E-state index is -4.07. The number of rotatable bonds is 7. The number of sulfonamides is 1. The molecule has 1 heterocycles. The minimum Gasteiger partial charge on any atom is -0.368 e. The average molecular weight is 366 g/mol. The Hall–Kier alpha value is -2.42. The summed E-state index contributed by atoms with van der Waals surface area (Å²) in [5.74, 6) is -0.905. The van der Waals surface area contributed by atoms with Crippen molar-refractivity contribution in [1.82, 2.24) is 9.78 Å². The van der Waals surface area contributed by atoms with Crippen molar-refractivity contribution in [3.63, 3.8) is 0 Å². The van der Waals surface area contributed by atoms with Crippen LogP contribution in [0.4, 0.5) is 10.1 Å². The van der Waals surface area contributed by atoms with Gasteiger partial charge in [-0.05, 0) is 49.1 Å². The molecule has 1 fully saturated rings. The largest absolute Gasteiger partial charge is 0.368 e. The van der Waals surface area contributed by atoms with Crippen molar-refractivity contribution in [3.8, 4) is 0 Å². The summed E-state index contributed by atoms with van der Waals surface area (Å²) >= 11 is 0. The monoisotopic (exact) mass is 366 g/mol. The topological polar surface area (TPSA) is 98.3 Å². The molecule has 1 amide bonds. The van der Waals surface area contributed by atoms with Crippen molar-refractivity contribution in [2.24, 2.45) is 11.7 Å². The van der Waals surface area contributed by atoms with Crippen molar-refractivity contribution < 1.29 is 17.6 Å². The first kappa shape index (κ1) is 17.4. The van der Waals surface area contributed by atoms with Crippen LogP contribution in [0.25, 0.3) is 0 Å². The summed E-state index contributed by atoms with van der Waals surface area (Å²) in [4.78, 5) is 11.4. The number of anilines is 1. The van der Waals surface area contributed by atoms with Gasteiger partial charge in [0.15, 0.2) is 5.03 Å². The number of halogens is 1. The fourth-order valence-electron chi connectivity index (χ4n) is 2.77. The van der Waals surface area contributed by atoms with E-state index in [9.17, 15) is 17.6 Å². The van der Waals surface area contributed by atoms with Gasteiger partial charge in [-0.15, -0.1) is 0 Å². The number of amides is 1. The van der Waals surface area contributed by atoms with E-state index < -0.39 is 28.3 Å². The lowest BCUT2D eigenvalue weighted by Crippen LogP contribution is -2.39. The summed E-state index contributed by atoms with van der Waals surface area (Å²) in [7, 11) is -4.07. The maximum atomic E-state index is 13.2. The zero-order chi connectivity index (χ0) is 18.0. The number of nitrogens with two attached hydrogens (primary N) is 1. The molecule has 0 spiro atoms. The Morgan fingerprint density at radius 2 is 1.96 bits per heavy atom. The summed E-state index contributed by atoms with van der Waals surface area (Å²) in [5, 5.41) is 4.10. The van der Waals surface area contributed by atoms with Crippen LogP contribution < -0.4 is 10.0 Å². The molecule has 3 rings (SSSR count). The van der Waals surface area contributed by atoms with Gasteiger partial charge in [-0.25, -0.2) is 4.39 Å². The number of hydrogen-bond donors (Lipinski definition) is 1. The van der Waals surface area contributed by atoms with Crippen molar-refractivity contribution in [2.45, 2.75) is 30.8 Å². The van der Waals surface area contributed by atoms with Crippen LogP contribution in [-0.2, 0) is 21.4 Å². The van der Waals surface area contributed by atoms with Crippen LogP contribution >= 0.6 is 0 Å². The molecule has 1 aliphatic rings. The molecule has 0 atom stereocenters. The third-order valence-electron chi connectivity index (χ3n) is 4.30. The number of primary amides is 1. The van der Waals surface area contributed by atoms with Gasteiger partial charge in [0.1, 0.15) is 12.4 Å². The first-order chi connectivity index (χ1) is 11.9. The number of aromatic nitrogens is 2. The van der Waals surface area contributed by atoms with E-state index in [1.807, 2.05) is 0 Å². The first-order valence-electron chi connectivity index (χ1n) is 7.96. The summed E-state index contributed by atoms with van der Waals surface area (Å²) in [6.07, 6.45) is 4.64. The first-order valence-corrected chi connectivity index (χ1v) is 9.40. The van der Waals surface area contributed by atoms with Crippen LogP contribution in [-0.4, -0.2) is 30.7 Å². The molecule has 1 aliphatic carbocycles. The Morgan fingerprint density at radius 1 is 1.28 bits per heavy atom. The Kier molecular flexibility index (Phi) is 4.76. The molecule has 2 N–H and O–H groups in total. The summed E-state index contributed by atoms with van der Waals surface area (Å²) < 4.78 is 41.7. The van der Waals surface area contributed by atoms with Crippen LogP contribution in [0, 0.1) is 11.7 Å². The maximum absolute atomic E-state index is 13.2. The molecule has 7 nitrogen and oxygen atoms in total. The molecule has 1 aromatic heterocycles. The van der Waals surface area contributed by atoms with Crippen LogP contribution in [0.5, 0.6) is 0 Å². The molecule has 0 saturated heterocycles. The molecule has 0 unspecified atom stereocenters. The molecule has 1 saturated carbocycles. The number of carbonyl (C=O) groups is 1. The molecule has 0 radical (unpaired) electrons. The second-order valence-electron chi connectivity index (χ2n) is 6.10. The predicted octanol–water partition coefficient (Wildman–Crippen LogP) is 1.50. The van der Waals surface area contributed by atoms with E-state index in [2.05, 4.69) is 5.10 Å². The van der Waals surface area contributed by atoms with Crippen molar-refractivity contribution in [2.75, 3.05) is 10.8 Å². The quantitative estimate of drug-likeness (QED) is 0.803. The molecule has 9 heteroatoms. The van der Waals surface area contributed by atoms with Gasteiger partial charge in [-0.1, -0.05) is 6.42 Å². The van der Waals surface area contributed by atoms with Crippen LogP contribution in [0.1, 0.15) is 19.3 Å². The van der Waals surface area contributed by atoms with Crippen molar-refractivity contribution in [1.29, 1.82) is 0 Å². The van der Waals surface area contributed by atoms with Crippen molar-refractivity contribution in [3.05, 3.63) is 42.3 Å². The Bertz CT molecular complexity index is 860. The van der Waals surface area contributed by atoms with Gasteiger partial charge in [0, 0.05) is 6.54 Å². The zero-order valence-corrected chi connectivity index (χ0v) is 14.3. The number of benzene rings is 1. The number of hydrogen-bond acceptors (Lipinski definition) is 4. The van der Waals surface area contributed by atoms with Gasteiger partial charge >= 0.3 is 0 Å². The highest BCUT2D eigenvalue weighted by molar-refractivity contribution is 7.92. The normalized spacial score (nSPS) is 14.9. The fourth-order valence-corrected chi connectivity index (χ4v) is 4.32. The van der Waals surface area contributed by atoms with Crippen LogP contribution in [0.3, 0.4) is 0 Å². The molecular formula is C16H19FN4O3S. The molecule has 2 aromatic rings. The van der Waals surface area contributed by atoms with E-state index in [-0.39, 0.29) is 10.7 Å². The van der Waals surface area contributed by atoms with Gasteiger partial charge in [0.2, 0.25) is 5.91 Å². The SMILES string of the molecule is NC(=O)CN(c1ccc(F)cc1)S(=O)(=O)c1ccnn1CC1CCC1. The van der Waals surface area contributed by atoms with Crippen LogP contribution in [0.15, 0.2) is 41.6 Å². The second kappa shape index (κ2) is 6.83. The third kappa shape index (κ3) is 3.65. The average Bonchev–Trinajstić information content (AvgIpc) is 2.98. The predicted molar refractivity (Wildman–Crippen MR) is 89.7 cm³/mol. The molecule has 1 aromatic carbocycles. The maximum Gasteiger partial charge on any atom is 0.281 e. The smallest absolute Gasteiger partial charge is 0.281 e. The number of nitrogens with zero attached hydrogens (tertiary/aromatic N) is 3. The van der Waals surface area contributed by atoms with Gasteiger partial charge < -0.3 is 5.73 Å². The van der Waals surface area contributed by atoms with E-state index in [0.717, 1.165) is 35.7 Å². The lowest BCUT2D eigenvalue weighted by molar-refractivity contribution is -0.116. The Morgan fingerprint density at radius 3 is 2.52 bits per heavy atom. The molecule has 0 bridgehead atoms. The van der Waals surface area contributed by atoms with Gasteiger partial charge in [0.05, 0.1) is 11.9 Å². The lowest BCUT2D eigenvalue weighted by Gasteiger charge is -2.27. The van der Waals surface area contributed by atoms with E-state index in [0.29, 0.717) is 12.5 Å².